The average molecular weight is 232 g/mol. The Kier molecular flexibility index (Phi) is 3.15. The molecule has 0 unspecified atom stereocenters. The Hall–Kier alpha value is -0.950. The zero-order chi connectivity index (χ0) is 11.7. The van der Waals surface area contributed by atoms with Crippen molar-refractivity contribution in [2.24, 2.45) is 5.73 Å². The molecule has 1 heterocycles. The van der Waals surface area contributed by atoms with Crippen molar-refractivity contribution in [2.45, 2.75) is 25.9 Å². The van der Waals surface area contributed by atoms with Gasteiger partial charge in [0.2, 0.25) is 0 Å². The quantitative estimate of drug-likeness (QED) is 0.757. The van der Waals surface area contributed by atoms with Gasteiger partial charge in [-0.05, 0) is 13.8 Å². The second kappa shape index (κ2) is 3.90. The van der Waals surface area contributed by atoms with Crippen LogP contribution in [0, 0.1) is 0 Å². The molecule has 0 saturated carbocycles. The predicted molar refractivity (Wildman–Crippen MR) is 56.9 cm³/mol. The lowest BCUT2D eigenvalue weighted by Gasteiger charge is -2.13. The lowest BCUT2D eigenvalue weighted by molar-refractivity contribution is 0.533. The fourth-order valence-corrected chi connectivity index (χ4v) is 1.48. The number of hydrogen-bond acceptors (Lipinski definition) is 5. The molecule has 0 fully saturated rings. The molecule has 0 aliphatic heterocycles. The fourth-order valence-electron chi connectivity index (χ4n) is 0.962. The van der Waals surface area contributed by atoms with E-state index < -0.39 is 15.4 Å². The van der Waals surface area contributed by atoms with E-state index >= 15 is 0 Å². The van der Waals surface area contributed by atoms with Crippen LogP contribution in [-0.4, -0.2) is 35.4 Å². The summed E-state index contributed by atoms with van der Waals surface area (Å²) in [6.45, 7) is 3.94. The lowest BCUT2D eigenvalue weighted by Crippen LogP contribution is -2.29. The zero-order valence-electron chi connectivity index (χ0n) is 9.14. The number of aryl methyl sites for hydroxylation is 1. The first-order valence-corrected chi connectivity index (χ1v) is 6.62. The summed E-state index contributed by atoms with van der Waals surface area (Å²) in [6, 6.07) is 0. The molecule has 2 N–H and O–H groups in total. The minimum Gasteiger partial charge on any atom is -0.320 e. The first-order valence-electron chi connectivity index (χ1n) is 4.56. The van der Waals surface area contributed by atoms with Crippen LogP contribution in [0.5, 0.6) is 0 Å². The Bertz CT molecular complexity index is 430. The minimum absolute atomic E-state index is 0.0563. The number of hydrogen-bond donors (Lipinski definition) is 1. The number of nitrogens with two attached hydrogens (primary N) is 1. The first-order chi connectivity index (χ1) is 6.68. The molecule has 15 heavy (non-hydrogen) atoms. The van der Waals surface area contributed by atoms with Gasteiger partial charge in [0.05, 0.1) is 24.0 Å². The maximum Gasteiger partial charge on any atom is 0.149 e. The van der Waals surface area contributed by atoms with Crippen molar-refractivity contribution in [2.75, 3.05) is 12.0 Å². The highest BCUT2D eigenvalue weighted by Crippen LogP contribution is 2.12. The molecule has 0 bridgehead atoms. The third kappa shape index (κ3) is 3.96. The van der Waals surface area contributed by atoms with Crippen LogP contribution in [0.25, 0.3) is 0 Å². The summed E-state index contributed by atoms with van der Waals surface area (Å²) in [5.41, 5.74) is 5.91. The Morgan fingerprint density at radius 3 is 2.53 bits per heavy atom. The van der Waals surface area contributed by atoms with Crippen LogP contribution in [-0.2, 0) is 21.9 Å². The van der Waals surface area contributed by atoms with Crippen molar-refractivity contribution in [3.05, 3.63) is 11.9 Å². The molecular weight excluding hydrogens is 216 g/mol. The van der Waals surface area contributed by atoms with Gasteiger partial charge in [-0.3, -0.25) is 4.68 Å². The van der Waals surface area contributed by atoms with Crippen molar-refractivity contribution >= 4 is 9.84 Å². The molecular formula is C8H16N4O2S. The van der Waals surface area contributed by atoms with E-state index in [1.165, 1.54) is 10.9 Å². The predicted octanol–water partition coefficient (Wildman–Crippen LogP) is -0.483. The van der Waals surface area contributed by atoms with Gasteiger partial charge in [0.1, 0.15) is 15.5 Å². The molecule has 1 aromatic rings. The van der Waals surface area contributed by atoms with Crippen molar-refractivity contribution in [1.29, 1.82) is 0 Å². The molecule has 0 aliphatic carbocycles. The number of rotatable bonds is 4. The second-order valence-electron chi connectivity index (χ2n) is 4.22. The molecule has 86 valence electrons. The third-order valence-corrected chi connectivity index (χ3v) is 2.81. The van der Waals surface area contributed by atoms with Gasteiger partial charge < -0.3 is 5.73 Å². The molecule has 1 rings (SSSR count). The lowest BCUT2D eigenvalue weighted by atomic mass is 10.0. The van der Waals surface area contributed by atoms with Gasteiger partial charge in [-0.15, -0.1) is 5.10 Å². The number of aromatic nitrogens is 3. The van der Waals surface area contributed by atoms with Gasteiger partial charge in [0, 0.05) is 6.26 Å². The molecule has 0 spiro atoms. The van der Waals surface area contributed by atoms with E-state index in [1.807, 2.05) is 13.8 Å². The molecule has 1 aromatic heterocycles. The molecule has 7 heteroatoms. The monoisotopic (exact) mass is 232 g/mol. The van der Waals surface area contributed by atoms with E-state index in [0.29, 0.717) is 12.2 Å². The second-order valence-corrected chi connectivity index (χ2v) is 6.48. The zero-order valence-corrected chi connectivity index (χ0v) is 9.95. The van der Waals surface area contributed by atoms with Crippen LogP contribution in [0.15, 0.2) is 6.20 Å². The molecule has 0 aromatic carbocycles. The van der Waals surface area contributed by atoms with E-state index in [4.69, 9.17) is 5.73 Å². The summed E-state index contributed by atoms with van der Waals surface area (Å²) in [4.78, 5) is 0. The van der Waals surface area contributed by atoms with Crippen LogP contribution in [0.3, 0.4) is 0 Å². The van der Waals surface area contributed by atoms with Crippen LogP contribution in [0.2, 0.25) is 0 Å². The molecule has 0 saturated heterocycles. The van der Waals surface area contributed by atoms with E-state index in [-0.39, 0.29) is 5.75 Å². The Morgan fingerprint density at radius 2 is 2.13 bits per heavy atom. The number of sulfone groups is 1. The minimum atomic E-state index is -2.97. The Balaban J connectivity index is 2.70. The summed E-state index contributed by atoms with van der Waals surface area (Å²) in [5, 5.41) is 7.69. The smallest absolute Gasteiger partial charge is 0.149 e. The van der Waals surface area contributed by atoms with Crippen molar-refractivity contribution in [3.8, 4) is 0 Å². The number of nitrogens with zero attached hydrogens (tertiary/aromatic N) is 3. The van der Waals surface area contributed by atoms with Crippen molar-refractivity contribution < 1.29 is 8.42 Å². The van der Waals surface area contributed by atoms with Crippen LogP contribution in [0.4, 0.5) is 0 Å². The maximum absolute atomic E-state index is 10.9. The van der Waals surface area contributed by atoms with Gasteiger partial charge in [-0.25, -0.2) is 8.42 Å². The molecule has 6 nitrogen and oxygen atoms in total. The SMILES string of the molecule is CC(C)(N)c1cn(CCS(C)(=O)=O)nn1. The van der Waals surface area contributed by atoms with E-state index in [1.54, 1.807) is 6.20 Å². The van der Waals surface area contributed by atoms with E-state index in [0.717, 1.165) is 0 Å². The van der Waals surface area contributed by atoms with Gasteiger partial charge in [-0.1, -0.05) is 5.21 Å². The molecule has 0 radical (unpaired) electrons. The molecule has 0 aliphatic rings. The Morgan fingerprint density at radius 1 is 1.53 bits per heavy atom. The highest BCUT2D eigenvalue weighted by atomic mass is 32.2. The van der Waals surface area contributed by atoms with Gasteiger partial charge in [0.15, 0.2) is 0 Å². The van der Waals surface area contributed by atoms with Gasteiger partial charge >= 0.3 is 0 Å². The topological polar surface area (TPSA) is 90.9 Å². The summed E-state index contributed by atoms with van der Waals surface area (Å²) < 4.78 is 23.3. The van der Waals surface area contributed by atoms with E-state index in [9.17, 15) is 8.42 Å². The average Bonchev–Trinajstić information content (AvgIpc) is 2.45. The summed E-state index contributed by atoms with van der Waals surface area (Å²) >= 11 is 0. The van der Waals surface area contributed by atoms with Gasteiger partial charge in [0.25, 0.3) is 0 Å². The normalized spacial score (nSPS) is 13.1. The maximum atomic E-state index is 10.9. The van der Waals surface area contributed by atoms with E-state index in [2.05, 4.69) is 10.3 Å². The summed E-state index contributed by atoms with van der Waals surface area (Å²) in [6.07, 6.45) is 2.86. The fraction of sp³-hybridized carbons (Fsp3) is 0.750. The highest BCUT2D eigenvalue weighted by molar-refractivity contribution is 7.90. The summed E-state index contributed by atoms with van der Waals surface area (Å²) in [7, 11) is -2.97. The first kappa shape index (κ1) is 12.1. The third-order valence-electron chi connectivity index (χ3n) is 1.89. The molecule has 0 amide bonds. The highest BCUT2D eigenvalue weighted by Gasteiger charge is 2.18. The largest absolute Gasteiger partial charge is 0.320 e. The van der Waals surface area contributed by atoms with Crippen molar-refractivity contribution in [1.82, 2.24) is 15.0 Å². The summed E-state index contributed by atoms with van der Waals surface area (Å²) in [5.74, 6) is 0.0563. The standard InChI is InChI=1S/C8H16N4O2S/c1-8(2,9)7-6-12(11-10-7)4-5-15(3,13)14/h6H,4-5,9H2,1-3H3. The van der Waals surface area contributed by atoms with Gasteiger partial charge in [-0.2, -0.15) is 0 Å². The van der Waals surface area contributed by atoms with Crippen LogP contribution >= 0.6 is 0 Å². The van der Waals surface area contributed by atoms with Crippen molar-refractivity contribution in [3.63, 3.8) is 0 Å². The van der Waals surface area contributed by atoms with Crippen LogP contribution in [0.1, 0.15) is 19.5 Å². The van der Waals surface area contributed by atoms with Crippen LogP contribution < -0.4 is 5.73 Å². The Labute approximate surface area is 89.4 Å². The molecule has 0 atom stereocenters.